The Bertz CT molecular complexity index is 287. The Morgan fingerprint density at radius 1 is 1.58 bits per heavy atom. The Balaban J connectivity index is 2.59. The van der Waals surface area contributed by atoms with Crippen molar-refractivity contribution in [1.82, 2.24) is 10.2 Å². The van der Waals surface area contributed by atoms with Gasteiger partial charge in [0.1, 0.15) is 0 Å². The van der Waals surface area contributed by atoms with Crippen molar-refractivity contribution in [3.63, 3.8) is 0 Å². The van der Waals surface area contributed by atoms with Crippen LogP contribution in [-0.2, 0) is 0 Å². The van der Waals surface area contributed by atoms with Crippen LogP contribution in [0.4, 0.5) is 5.13 Å². The van der Waals surface area contributed by atoms with Gasteiger partial charge in [0.2, 0.25) is 5.13 Å². The second-order valence-corrected chi connectivity index (χ2v) is 4.42. The van der Waals surface area contributed by atoms with E-state index in [-0.39, 0.29) is 0 Å². The Labute approximate surface area is 80.2 Å². The van der Waals surface area contributed by atoms with Gasteiger partial charge in [-0.2, -0.15) is 0 Å². The summed E-state index contributed by atoms with van der Waals surface area (Å²) in [7, 11) is 3.88. The molecule has 0 aliphatic rings. The van der Waals surface area contributed by atoms with Crippen LogP contribution in [0.25, 0.3) is 0 Å². The molecule has 1 rings (SSSR count). The minimum Gasteiger partial charge on any atom is -0.353 e. The van der Waals surface area contributed by atoms with Gasteiger partial charge in [0.25, 0.3) is 0 Å². The van der Waals surface area contributed by atoms with Gasteiger partial charge in [-0.15, -0.1) is 16.6 Å². The molecule has 0 saturated carbocycles. The van der Waals surface area contributed by atoms with Gasteiger partial charge in [0.05, 0.1) is 5.75 Å². The number of rotatable bonds is 3. The minimum atomic E-state index is 0.655. The lowest BCUT2D eigenvalue weighted by Crippen LogP contribution is -2.07. The molecule has 0 fully saturated rings. The summed E-state index contributed by atoms with van der Waals surface area (Å²) in [6.07, 6.45) is 5.12. The summed E-state index contributed by atoms with van der Waals surface area (Å²) in [5.41, 5.74) is 0. The fraction of sp³-hybridized carbons (Fsp3) is 0.429. The second kappa shape index (κ2) is 4.33. The van der Waals surface area contributed by atoms with Gasteiger partial charge in [0, 0.05) is 14.1 Å². The molecule has 0 N–H and O–H groups in total. The zero-order chi connectivity index (χ0) is 8.97. The third kappa shape index (κ3) is 2.40. The Morgan fingerprint density at radius 3 is 2.83 bits per heavy atom. The maximum Gasteiger partial charge on any atom is 0.208 e. The van der Waals surface area contributed by atoms with Crippen LogP contribution in [0.2, 0.25) is 0 Å². The first-order chi connectivity index (χ1) is 5.74. The van der Waals surface area contributed by atoms with Crippen molar-refractivity contribution < 1.29 is 0 Å². The van der Waals surface area contributed by atoms with Gasteiger partial charge >= 0.3 is 0 Å². The van der Waals surface area contributed by atoms with Gasteiger partial charge < -0.3 is 4.90 Å². The maximum absolute atomic E-state index is 5.12. The topological polar surface area (TPSA) is 29.0 Å². The van der Waals surface area contributed by atoms with Gasteiger partial charge in [-0.1, -0.05) is 29.0 Å². The van der Waals surface area contributed by atoms with Crippen LogP contribution >= 0.6 is 23.1 Å². The highest BCUT2D eigenvalue weighted by molar-refractivity contribution is 8.01. The molecule has 0 aliphatic carbocycles. The molecule has 0 atom stereocenters. The van der Waals surface area contributed by atoms with Gasteiger partial charge in [-0.25, -0.2) is 0 Å². The largest absolute Gasteiger partial charge is 0.353 e. The summed E-state index contributed by atoms with van der Waals surface area (Å²) in [6, 6.07) is 0. The first kappa shape index (κ1) is 9.36. The van der Waals surface area contributed by atoms with Crippen LogP contribution in [0.5, 0.6) is 0 Å². The number of hydrogen-bond acceptors (Lipinski definition) is 5. The van der Waals surface area contributed by atoms with Gasteiger partial charge in [0.15, 0.2) is 4.34 Å². The summed E-state index contributed by atoms with van der Waals surface area (Å²) >= 11 is 3.09. The molecule has 0 spiro atoms. The SMILES string of the molecule is C#CCSc1nnc(N(C)C)s1. The number of anilines is 1. The Morgan fingerprint density at radius 2 is 2.33 bits per heavy atom. The van der Waals surface area contributed by atoms with E-state index in [9.17, 15) is 0 Å². The van der Waals surface area contributed by atoms with E-state index >= 15 is 0 Å². The molecule has 0 aromatic carbocycles. The molecular weight excluding hydrogens is 190 g/mol. The van der Waals surface area contributed by atoms with Crippen LogP contribution in [0.15, 0.2) is 4.34 Å². The molecule has 0 radical (unpaired) electrons. The third-order valence-corrected chi connectivity index (χ3v) is 3.19. The van der Waals surface area contributed by atoms with E-state index in [4.69, 9.17) is 6.42 Å². The smallest absolute Gasteiger partial charge is 0.208 e. The fourth-order valence-corrected chi connectivity index (χ4v) is 1.99. The van der Waals surface area contributed by atoms with E-state index in [0.29, 0.717) is 5.75 Å². The molecular formula is C7H9N3S2. The van der Waals surface area contributed by atoms with E-state index in [1.807, 2.05) is 19.0 Å². The number of aromatic nitrogens is 2. The summed E-state index contributed by atoms with van der Waals surface area (Å²) in [5.74, 6) is 3.20. The molecule has 0 saturated heterocycles. The van der Waals surface area contributed by atoms with E-state index in [2.05, 4.69) is 16.1 Å². The first-order valence-corrected chi connectivity index (χ1v) is 5.11. The average molecular weight is 199 g/mol. The highest BCUT2D eigenvalue weighted by atomic mass is 32.2. The molecule has 0 bridgehead atoms. The third-order valence-electron chi connectivity index (χ3n) is 1.06. The minimum absolute atomic E-state index is 0.655. The average Bonchev–Trinajstić information content (AvgIpc) is 2.48. The first-order valence-electron chi connectivity index (χ1n) is 3.31. The molecule has 1 aromatic heterocycles. The fourth-order valence-electron chi connectivity index (χ4n) is 0.545. The number of thioether (sulfide) groups is 1. The number of terminal acetylenes is 1. The van der Waals surface area contributed by atoms with Crippen LogP contribution in [-0.4, -0.2) is 30.0 Å². The zero-order valence-corrected chi connectivity index (χ0v) is 8.58. The second-order valence-electron chi connectivity index (χ2n) is 2.24. The lowest BCUT2D eigenvalue weighted by atomic mass is 10.8. The van der Waals surface area contributed by atoms with Crippen molar-refractivity contribution in [3.05, 3.63) is 0 Å². The highest BCUT2D eigenvalue weighted by Crippen LogP contribution is 2.26. The maximum atomic E-state index is 5.12. The Kier molecular flexibility index (Phi) is 3.38. The van der Waals surface area contributed by atoms with Gasteiger partial charge in [-0.3, -0.25) is 0 Å². The summed E-state index contributed by atoms with van der Waals surface area (Å²) < 4.78 is 0.927. The lowest BCUT2D eigenvalue weighted by Gasteiger charge is -2.03. The molecule has 64 valence electrons. The van der Waals surface area contributed by atoms with E-state index in [1.54, 1.807) is 23.1 Å². The van der Waals surface area contributed by atoms with Crippen LogP contribution in [0.1, 0.15) is 0 Å². The van der Waals surface area contributed by atoms with Crippen molar-refractivity contribution in [2.24, 2.45) is 0 Å². The number of hydrogen-bond donors (Lipinski definition) is 0. The molecule has 5 heteroatoms. The summed E-state index contributed by atoms with van der Waals surface area (Å²) in [4.78, 5) is 1.93. The Hall–Kier alpha value is -0.730. The van der Waals surface area contributed by atoms with Crippen molar-refractivity contribution in [1.29, 1.82) is 0 Å². The standard InChI is InChI=1S/C7H9N3S2/c1-4-5-11-7-9-8-6(12-7)10(2)3/h1H,5H2,2-3H3. The molecule has 0 unspecified atom stereocenters. The molecule has 1 heterocycles. The monoisotopic (exact) mass is 199 g/mol. The summed E-state index contributed by atoms with van der Waals surface area (Å²) in [5, 5.41) is 8.85. The number of nitrogens with zero attached hydrogens (tertiary/aromatic N) is 3. The van der Waals surface area contributed by atoms with Crippen LogP contribution in [0.3, 0.4) is 0 Å². The van der Waals surface area contributed by atoms with Crippen molar-refractivity contribution in [2.75, 3.05) is 24.7 Å². The summed E-state index contributed by atoms with van der Waals surface area (Å²) in [6.45, 7) is 0. The normalized spacial score (nSPS) is 9.42. The quantitative estimate of drug-likeness (QED) is 0.542. The lowest BCUT2D eigenvalue weighted by molar-refractivity contribution is 0.973. The highest BCUT2D eigenvalue weighted by Gasteiger charge is 2.04. The predicted molar refractivity (Wildman–Crippen MR) is 53.8 cm³/mol. The molecule has 0 amide bonds. The van der Waals surface area contributed by atoms with E-state index < -0.39 is 0 Å². The van der Waals surface area contributed by atoms with Crippen molar-refractivity contribution >= 4 is 28.2 Å². The molecule has 12 heavy (non-hydrogen) atoms. The van der Waals surface area contributed by atoms with Crippen molar-refractivity contribution in [3.8, 4) is 12.3 Å². The van der Waals surface area contributed by atoms with E-state index in [1.165, 1.54) is 0 Å². The van der Waals surface area contributed by atoms with Crippen LogP contribution < -0.4 is 4.90 Å². The van der Waals surface area contributed by atoms with Crippen molar-refractivity contribution in [2.45, 2.75) is 4.34 Å². The molecule has 0 aliphatic heterocycles. The molecule has 1 aromatic rings. The van der Waals surface area contributed by atoms with Crippen LogP contribution in [0, 0.1) is 12.3 Å². The predicted octanol–water partition coefficient (Wildman–Crippen LogP) is 1.33. The molecule has 3 nitrogen and oxygen atoms in total. The van der Waals surface area contributed by atoms with Gasteiger partial charge in [-0.05, 0) is 0 Å². The zero-order valence-electron chi connectivity index (χ0n) is 6.94. The van der Waals surface area contributed by atoms with E-state index in [0.717, 1.165) is 9.47 Å².